The molecule has 1 aromatic heterocycles. The highest BCUT2D eigenvalue weighted by Crippen LogP contribution is 2.21. The molecule has 2 rings (SSSR count). The predicted molar refractivity (Wildman–Crippen MR) is 76.1 cm³/mol. The minimum absolute atomic E-state index is 0.341. The average Bonchev–Trinajstić information content (AvgIpc) is 2.86. The molecule has 0 aliphatic carbocycles. The molecule has 19 heavy (non-hydrogen) atoms. The Morgan fingerprint density at radius 1 is 1.32 bits per heavy atom. The number of benzene rings is 1. The Labute approximate surface area is 116 Å². The van der Waals surface area contributed by atoms with Crippen LogP contribution in [0.4, 0.5) is 0 Å². The van der Waals surface area contributed by atoms with Gasteiger partial charge in [-0.2, -0.15) is 0 Å². The van der Waals surface area contributed by atoms with Crippen molar-refractivity contribution in [3.05, 3.63) is 51.7 Å². The highest BCUT2D eigenvalue weighted by Gasteiger charge is 2.07. The van der Waals surface area contributed by atoms with Crippen LogP contribution in [0.15, 0.2) is 35.7 Å². The van der Waals surface area contributed by atoms with Crippen molar-refractivity contribution in [1.29, 1.82) is 0 Å². The van der Waals surface area contributed by atoms with Gasteiger partial charge < -0.3 is 9.84 Å². The number of aromatic carboxylic acids is 1. The van der Waals surface area contributed by atoms with Crippen LogP contribution in [0.2, 0.25) is 0 Å². The second kappa shape index (κ2) is 5.89. The molecule has 1 heterocycles. The fraction of sp³-hybridized carbons (Fsp3) is 0.267. The quantitative estimate of drug-likeness (QED) is 0.892. The van der Waals surface area contributed by atoms with E-state index in [1.807, 2.05) is 17.5 Å². The van der Waals surface area contributed by atoms with Crippen LogP contribution in [0.3, 0.4) is 0 Å². The molecule has 0 fully saturated rings. The zero-order valence-corrected chi connectivity index (χ0v) is 11.7. The lowest BCUT2D eigenvalue weighted by atomic mass is 10.0. The van der Waals surface area contributed by atoms with Gasteiger partial charge in [0.25, 0.3) is 0 Å². The molecule has 0 amide bonds. The maximum atomic E-state index is 10.8. The molecule has 4 heteroatoms. The summed E-state index contributed by atoms with van der Waals surface area (Å²) in [6.07, 6.45) is 0. The number of carboxylic acids is 1. The van der Waals surface area contributed by atoms with Crippen molar-refractivity contribution in [2.75, 3.05) is 0 Å². The molecule has 0 radical (unpaired) electrons. The van der Waals surface area contributed by atoms with Gasteiger partial charge in [-0.25, -0.2) is 4.79 Å². The third-order valence-electron chi connectivity index (χ3n) is 2.82. The van der Waals surface area contributed by atoms with E-state index in [2.05, 4.69) is 26.0 Å². The van der Waals surface area contributed by atoms with Crippen molar-refractivity contribution >= 4 is 17.3 Å². The van der Waals surface area contributed by atoms with Crippen LogP contribution in [0.25, 0.3) is 0 Å². The Morgan fingerprint density at radius 3 is 2.53 bits per heavy atom. The third kappa shape index (κ3) is 3.58. The van der Waals surface area contributed by atoms with Crippen molar-refractivity contribution in [2.45, 2.75) is 26.4 Å². The normalized spacial score (nSPS) is 10.7. The van der Waals surface area contributed by atoms with Gasteiger partial charge in [-0.1, -0.05) is 26.0 Å². The molecule has 100 valence electrons. The first-order valence-electron chi connectivity index (χ1n) is 6.09. The first kappa shape index (κ1) is 13.6. The van der Waals surface area contributed by atoms with Gasteiger partial charge in [0.1, 0.15) is 17.2 Å². The Kier molecular flexibility index (Phi) is 4.22. The van der Waals surface area contributed by atoms with E-state index in [0.717, 1.165) is 11.3 Å². The Balaban J connectivity index is 1.96. The first-order valence-corrected chi connectivity index (χ1v) is 6.97. The molecule has 0 atom stereocenters. The van der Waals surface area contributed by atoms with Gasteiger partial charge in [-0.3, -0.25) is 0 Å². The van der Waals surface area contributed by atoms with Crippen LogP contribution in [0.1, 0.15) is 40.6 Å². The standard InChI is InChI=1S/C15H16O3S/c1-10(2)12-3-5-13(6-4-12)18-8-11-7-14(15(16)17)19-9-11/h3-7,9-10H,8H2,1-2H3,(H,16,17). The summed E-state index contributed by atoms with van der Waals surface area (Å²) in [5.41, 5.74) is 2.16. The van der Waals surface area contributed by atoms with Crippen molar-refractivity contribution in [1.82, 2.24) is 0 Å². The molecular formula is C15H16O3S. The first-order chi connectivity index (χ1) is 9.06. The summed E-state index contributed by atoms with van der Waals surface area (Å²) < 4.78 is 5.63. The Bertz CT molecular complexity index is 555. The van der Waals surface area contributed by atoms with Gasteiger partial charge in [0.05, 0.1) is 0 Å². The molecule has 0 unspecified atom stereocenters. The molecule has 0 bridgehead atoms. The maximum Gasteiger partial charge on any atom is 0.345 e. The SMILES string of the molecule is CC(C)c1ccc(OCc2csc(C(=O)O)c2)cc1. The van der Waals surface area contributed by atoms with Gasteiger partial charge in [0, 0.05) is 5.56 Å². The Morgan fingerprint density at radius 2 is 2.00 bits per heavy atom. The molecular weight excluding hydrogens is 260 g/mol. The van der Waals surface area contributed by atoms with Crippen LogP contribution in [0.5, 0.6) is 5.75 Å². The third-order valence-corrected chi connectivity index (χ3v) is 3.78. The number of rotatable bonds is 5. The van der Waals surface area contributed by atoms with Crippen molar-refractivity contribution in [3.8, 4) is 5.75 Å². The monoisotopic (exact) mass is 276 g/mol. The number of thiophene rings is 1. The predicted octanol–water partition coefficient (Wildman–Crippen LogP) is 4.15. The minimum Gasteiger partial charge on any atom is -0.489 e. The van der Waals surface area contributed by atoms with Gasteiger partial charge in [0.15, 0.2) is 0 Å². The molecule has 0 aliphatic heterocycles. The van der Waals surface area contributed by atoms with E-state index in [1.165, 1.54) is 16.9 Å². The second-order valence-electron chi connectivity index (χ2n) is 4.64. The number of hydrogen-bond acceptors (Lipinski definition) is 3. The molecule has 2 aromatic rings. The molecule has 0 saturated carbocycles. The summed E-state index contributed by atoms with van der Waals surface area (Å²) in [6, 6.07) is 9.64. The highest BCUT2D eigenvalue weighted by molar-refractivity contribution is 7.12. The lowest BCUT2D eigenvalue weighted by Gasteiger charge is -2.08. The second-order valence-corrected chi connectivity index (χ2v) is 5.55. The summed E-state index contributed by atoms with van der Waals surface area (Å²) in [5, 5.41) is 10.6. The zero-order valence-electron chi connectivity index (χ0n) is 10.9. The summed E-state index contributed by atoms with van der Waals surface area (Å²) in [6.45, 7) is 4.69. The number of carbonyl (C=O) groups is 1. The van der Waals surface area contributed by atoms with Crippen molar-refractivity contribution in [3.63, 3.8) is 0 Å². The summed E-state index contributed by atoms with van der Waals surface area (Å²) >= 11 is 1.22. The lowest BCUT2D eigenvalue weighted by Crippen LogP contribution is -1.95. The van der Waals surface area contributed by atoms with E-state index >= 15 is 0 Å². The molecule has 0 spiro atoms. The van der Waals surface area contributed by atoms with E-state index < -0.39 is 5.97 Å². The maximum absolute atomic E-state index is 10.8. The average molecular weight is 276 g/mol. The summed E-state index contributed by atoms with van der Waals surface area (Å²) in [4.78, 5) is 11.1. The summed E-state index contributed by atoms with van der Waals surface area (Å²) in [5.74, 6) is 0.411. The molecule has 1 aromatic carbocycles. The van der Waals surface area contributed by atoms with E-state index in [9.17, 15) is 4.79 Å². The molecule has 3 nitrogen and oxygen atoms in total. The van der Waals surface area contributed by atoms with E-state index in [0.29, 0.717) is 17.4 Å². The van der Waals surface area contributed by atoms with Gasteiger partial charge in [-0.15, -0.1) is 11.3 Å². The van der Waals surface area contributed by atoms with Crippen LogP contribution in [0, 0.1) is 0 Å². The topological polar surface area (TPSA) is 46.5 Å². The zero-order chi connectivity index (χ0) is 13.8. The molecule has 1 N–H and O–H groups in total. The highest BCUT2D eigenvalue weighted by atomic mass is 32.1. The van der Waals surface area contributed by atoms with Gasteiger partial charge in [-0.05, 0) is 35.1 Å². The van der Waals surface area contributed by atoms with Crippen molar-refractivity contribution < 1.29 is 14.6 Å². The van der Waals surface area contributed by atoms with E-state index in [-0.39, 0.29) is 0 Å². The fourth-order valence-corrected chi connectivity index (χ4v) is 2.41. The number of hydrogen-bond donors (Lipinski definition) is 1. The van der Waals surface area contributed by atoms with Crippen LogP contribution < -0.4 is 4.74 Å². The van der Waals surface area contributed by atoms with Crippen LogP contribution >= 0.6 is 11.3 Å². The van der Waals surface area contributed by atoms with E-state index in [4.69, 9.17) is 9.84 Å². The number of carboxylic acid groups (broad SMARTS) is 1. The number of ether oxygens (including phenoxy) is 1. The van der Waals surface area contributed by atoms with E-state index in [1.54, 1.807) is 6.07 Å². The lowest BCUT2D eigenvalue weighted by molar-refractivity contribution is 0.0702. The molecule has 0 aliphatic rings. The van der Waals surface area contributed by atoms with Gasteiger partial charge >= 0.3 is 5.97 Å². The molecule has 0 saturated heterocycles. The fourth-order valence-electron chi connectivity index (χ4n) is 1.68. The minimum atomic E-state index is -0.891. The Hall–Kier alpha value is -1.81. The van der Waals surface area contributed by atoms with Gasteiger partial charge in [0.2, 0.25) is 0 Å². The summed E-state index contributed by atoms with van der Waals surface area (Å²) in [7, 11) is 0. The smallest absolute Gasteiger partial charge is 0.345 e. The van der Waals surface area contributed by atoms with Crippen LogP contribution in [-0.4, -0.2) is 11.1 Å². The van der Waals surface area contributed by atoms with Crippen LogP contribution in [-0.2, 0) is 6.61 Å². The van der Waals surface area contributed by atoms with Crippen molar-refractivity contribution in [2.24, 2.45) is 0 Å². The largest absolute Gasteiger partial charge is 0.489 e.